The fraction of sp³-hybridized carbons (Fsp3) is 0.113. The number of nitrogens with two attached hydrogens (primary N) is 6. The summed E-state index contributed by atoms with van der Waals surface area (Å²) in [7, 11) is -3.66. The second-order valence-electron chi connectivity index (χ2n) is 33.5. The van der Waals surface area contributed by atoms with Gasteiger partial charge in [0.25, 0.3) is 0 Å². The van der Waals surface area contributed by atoms with Gasteiger partial charge in [0, 0.05) is 80.7 Å². The Labute approximate surface area is 775 Å². The van der Waals surface area contributed by atoms with E-state index >= 15 is 0 Å². The molecule has 0 spiro atoms. The smallest absolute Gasteiger partial charge is 0.206 e. The molecular formula is C115H110N6O10S. The molecule has 17 rings (SSSR count). The number of nitrogen functional groups attached to an aromatic ring is 6. The number of hydrogen-bond donors (Lipinski definition) is 6. The van der Waals surface area contributed by atoms with Crippen molar-refractivity contribution in [3.05, 3.63) is 468 Å². The van der Waals surface area contributed by atoms with Crippen LogP contribution in [0.15, 0.2) is 422 Å². The summed E-state index contributed by atoms with van der Waals surface area (Å²) in [5, 5.41) is 0. The standard InChI is InChI=1S/C28H27NO2.C25H21NO4S.C25H29N.C19H17NO2.C18H16N2O2/c1-20-4-12-24(13-5-20)30-25-14-6-21(7-15-25)28(2,3)22-8-16-26(17-9-22)31-27-18-10-23(29)11-19-27;1-18-4-2-6-22(16-18)29-20-8-12-24(13-9-20)31(27,28)25-14-10-21(11-15-25)30-23-7-3-5-19(26)17-23;1-18-6-8-19(9-7-18)24(2,3)20-10-12-21(13-11-20)25(4,5)22-14-16-23(26)17-15-22;1-14-5-9-16(10-6-14)21-18-3-2-4-19(13-18)22-17-11-7-15(20)8-12-17;19-13-4-1-6-15(10-13)21-17-8-3-9-18(12-17)22-16-7-2-5-14(20)11-16/h4-19H,29H2,1-3H3;2-17H,26H2,1H3;6-17H,26H2,1-5H3;2-13H,20H2,1H3;1-12H,19-20H2. The Morgan fingerprint density at radius 1 is 0.174 bits per heavy atom. The van der Waals surface area contributed by atoms with Gasteiger partial charge in [-0.2, -0.15) is 0 Å². The maximum atomic E-state index is 13.0. The zero-order chi connectivity index (χ0) is 93.4. The third-order valence-corrected chi connectivity index (χ3v) is 23.8. The van der Waals surface area contributed by atoms with Gasteiger partial charge in [-0.05, 0) is 297 Å². The van der Waals surface area contributed by atoms with Gasteiger partial charge < -0.3 is 72.3 Å². The Kier molecular flexibility index (Phi) is 30.6. The molecule has 666 valence electrons. The van der Waals surface area contributed by atoms with Gasteiger partial charge in [0.1, 0.15) is 92.0 Å². The van der Waals surface area contributed by atoms with Crippen molar-refractivity contribution < 1.29 is 46.3 Å². The Morgan fingerprint density at radius 3 is 0.614 bits per heavy atom. The van der Waals surface area contributed by atoms with Crippen molar-refractivity contribution in [2.24, 2.45) is 0 Å². The summed E-state index contributed by atoms with van der Waals surface area (Å²) >= 11 is 0. The van der Waals surface area contributed by atoms with E-state index in [0.717, 1.165) is 62.9 Å². The first-order valence-electron chi connectivity index (χ1n) is 43.2. The molecule has 0 unspecified atom stereocenters. The highest BCUT2D eigenvalue weighted by molar-refractivity contribution is 7.91. The van der Waals surface area contributed by atoms with Crippen LogP contribution in [0.2, 0.25) is 0 Å². The predicted octanol–water partition coefficient (Wildman–Crippen LogP) is 29.3. The summed E-state index contributed by atoms with van der Waals surface area (Å²) in [6.07, 6.45) is 0. The molecule has 17 aromatic carbocycles. The largest absolute Gasteiger partial charge is 0.457 e. The molecule has 0 bridgehead atoms. The molecule has 132 heavy (non-hydrogen) atoms. The Bertz CT molecular complexity index is 6330. The summed E-state index contributed by atoms with van der Waals surface area (Å²) in [5.41, 5.74) is 50.9. The van der Waals surface area contributed by atoms with Gasteiger partial charge in [-0.3, -0.25) is 0 Å². The molecule has 12 N–H and O–H groups in total. The molecular weight excluding hydrogens is 1660 g/mol. The zero-order valence-corrected chi connectivity index (χ0v) is 76.5. The molecule has 0 aliphatic carbocycles. The minimum atomic E-state index is -3.66. The van der Waals surface area contributed by atoms with Crippen LogP contribution in [0, 0.1) is 27.7 Å². The van der Waals surface area contributed by atoms with Crippen LogP contribution in [-0.2, 0) is 26.1 Å². The van der Waals surface area contributed by atoms with E-state index in [9.17, 15) is 8.42 Å². The van der Waals surface area contributed by atoms with Gasteiger partial charge in [-0.15, -0.1) is 0 Å². The monoisotopic (exact) mass is 1770 g/mol. The van der Waals surface area contributed by atoms with Crippen LogP contribution in [0.25, 0.3) is 0 Å². The van der Waals surface area contributed by atoms with Crippen LogP contribution in [-0.4, -0.2) is 8.42 Å². The molecule has 0 saturated heterocycles. The zero-order valence-electron chi connectivity index (χ0n) is 75.7. The highest BCUT2D eigenvalue weighted by Gasteiger charge is 2.28. The fourth-order valence-electron chi connectivity index (χ4n) is 14.1. The average Bonchev–Trinajstić information content (AvgIpc) is 0.793. The molecule has 0 heterocycles. The molecule has 0 aromatic heterocycles. The van der Waals surface area contributed by atoms with Crippen molar-refractivity contribution in [1.82, 2.24) is 0 Å². The molecule has 0 aliphatic heterocycles. The molecule has 16 nitrogen and oxygen atoms in total. The highest BCUT2D eigenvalue weighted by atomic mass is 32.2. The summed E-state index contributed by atoms with van der Waals surface area (Å²) in [4.78, 5) is 0.369. The van der Waals surface area contributed by atoms with Gasteiger partial charge >= 0.3 is 0 Å². The quantitative estimate of drug-likeness (QED) is 0.0307. The third-order valence-electron chi connectivity index (χ3n) is 22.0. The Hall–Kier alpha value is -16.1. The van der Waals surface area contributed by atoms with Crippen molar-refractivity contribution >= 4 is 44.0 Å². The van der Waals surface area contributed by atoms with Crippen molar-refractivity contribution in [3.63, 3.8) is 0 Å². The number of hydrogen-bond acceptors (Lipinski definition) is 16. The summed E-state index contributed by atoms with van der Waals surface area (Å²) in [6.45, 7) is 21.8. The number of ether oxygens (including phenoxy) is 8. The SMILES string of the molecule is Cc1ccc(C(C)(C)c2ccc(C(C)(C)c3ccc(N)cc3)cc2)cc1.Cc1ccc(Oc2ccc(C(C)(C)c3ccc(Oc4ccc(N)cc4)cc3)cc2)cc1.Cc1ccc(Oc2cccc(Oc3ccc(N)cc3)c2)cc1.Cc1cccc(Oc2ccc(S(=O)(=O)c3ccc(Oc4cccc(N)c4)cc3)cc2)c1.Nc1cccc(Oc2cccc(Oc3cccc(N)c3)c2)c1. The molecule has 0 radical (unpaired) electrons. The van der Waals surface area contributed by atoms with E-state index in [-0.39, 0.29) is 26.0 Å². The number of sulfone groups is 1. The van der Waals surface area contributed by atoms with Crippen LogP contribution >= 0.6 is 0 Å². The predicted molar refractivity (Wildman–Crippen MR) is 537 cm³/mol. The molecule has 0 amide bonds. The topological polar surface area (TPSA) is 264 Å². The van der Waals surface area contributed by atoms with E-state index < -0.39 is 9.84 Å². The van der Waals surface area contributed by atoms with Crippen LogP contribution < -0.4 is 72.3 Å². The van der Waals surface area contributed by atoms with E-state index in [1.54, 1.807) is 60.7 Å². The van der Waals surface area contributed by atoms with Gasteiger partial charge in [0.2, 0.25) is 9.84 Å². The van der Waals surface area contributed by atoms with Crippen LogP contribution in [0.1, 0.15) is 97.2 Å². The molecule has 0 aliphatic rings. The summed E-state index contributed by atoms with van der Waals surface area (Å²) < 4.78 is 72.5. The molecule has 17 aromatic rings. The maximum absolute atomic E-state index is 13.0. The first kappa shape index (κ1) is 93.5. The second kappa shape index (κ2) is 43.1. The minimum Gasteiger partial charge on any atom is -0.457 e. The van der Waals surface area contributed by atoms with Crippen LogP contribution in [0.5, 0.6) is 92.0 Å². The highest BCUT2D eigenvalue weighted by Crippen LogP contribution is 2.40. The Balaban J connectivity index is 0.000000141. The first-order chi connectivity index (χ1) is 63.4. The number of benzene rings is 17. The summed E-state index contributed by atoms with van der Waals surface area (Å²) in [6, 6.07) is 130. The first-order valence-corrected chi connectivity index (χ1v) is 44.7. The third kappa shape index (κ3) is 26.5. The number of anilines is 6. The van der Waals surface area contributed by atoms with Crippen molar-refractivity contribution in [2.75, 3.05) is 34.4 Å². The average molecular weight is 1770 g/mol. The van der Waals surface area contributed by atoms with Crippen molar-refractivity contribution in [3.8, 4) is 92.0 Å². The molecule has 0 saturated carbocycles. The normalized spacial score (nSPS) is 11.0. The van der Waals surface area contributed by atoms with E-state index in [1.807, 2.05) is 257 Å². The van der Waals surface area contributed by atoms with Gasteiger partial charge in [0.15, 0.2) is 0 Å². The van der Waals surface area contributed by atoms with Crippen molar-refractivity contribution in [2.45, 2.75) is 95.3 Å². The second-order valence-corrected chi connectivity index (χ2v) is 35.4. The van der Waals surface area contributed by atoms with E-state index in [0.29, 0.717) is 68.7 Å². The minimum absolute atomic E-state index is 0.0163. The maximum Gasteiger partial charge on any atom is 0.206 e. The molecule has 0 fully saturated rings. The van der Waals surface area contributed by atoms with Gasteiger partial charge in [0.05, 0.1) is 9.79 Å². The lowest BCUT2D eigenvalue weighted by Crippen LogP contribution is -2.21. The lowest BCUT2D eigenvalue weighted by atomic mass is 9.74. The van der Waals surface area contributed by atoms with Gasteiger partial charge in [-0.1, -0.05) is 210 Å². The van der Waals surface area contributed by atoms with Crippen LogP contribution in [0.3, 0.4) is 0 Å². The van der Waals surface area contributed by atoms with Gasteiger partial charge in [-0.25, -0.2) is 8.42 Å². The molecule has 17 heteroatoms. The fourth-order valence-corrected chi connectivity index (χ4v) is 15.3. The van der Waals surface area contributed by atoms with E-state index in [1.165, 1.54) is 74.3 Å². The molecule has 0 atom stereocenters. The summed E-state index contributed by atoms with van der Waals surface area (Å²) in [5.74, 6) is 11.3. The Morgan fingerprint density at radius 2 is 0.348 bits per heavy atom. The number of aryl methyl sites for hydroxylation is 4. The van der Waals surface area contributed by atoms with E-state index in [2.05, 4.69) is 140 Å². The number of rotatable bonds is 24. The lowest BCUT2D eigenvalue weighted by molar-refractivity contribution is 0.460. The van der Waals surface area contributed by atoms with Crippen molar-refractivity contribution in [1.29, 1.82) is 0 Å². The lowest BCUT2D eigenvalue weighted by Gasteiger charge is -2.29. The van der Waals surface area contributed by atoms with Crippen LogP contribution in [0.4, 0.5) is 34.1 Å². The van der Waals surface area contributed by atoms with E-state index in [4.69, 9.17) is 72.3 Å².